The van der Waals surface area contributed by atoms with Crippen LogP contribution in [-0.2, 0) is 4.79 Å². The summed E-state index contributed by atoms with van der Waals surface area (Å²) in [5, 5.41) is 22.0. The molecule has 0 radical (unpaired) electrons. The summed E-state index contributed by atoms with van der Waals surface area (Å²) < 4.78 is 5.83. The van der Waals surface area contributed by atoms with Crippen molar-refractivity contribution in [2.24, 2.45) is 5.92 Å². The molecule has 0 unspecified atom stereocenters. The SMILES string of the molecule is COc1ccc(N2C(=O)[C@@H](C[C@@H](C)N(C)O)[C@H]2/C=[N+](/C)[O-])cc1. The average molecular weight is 321 g/mol. The zero-order valence-corrected chi connectivity index (χ0v) is 13.8. The largest absolute Gasteiger partial charge is 0.624 e. The van der Waals surface area contributed by atoms with E-state index >= 15 is 0 Å². The third-order valence-corrected chi connectivity index (χ3v) is 4.21. The molecule has 1 aromatic carbocycles. The maximum Gasteiger partial charge on any atom is 0.233 e. The Kier molecular flexibility index (Phi) is 5.23. The predicted molar refractivity (Wildman–Crippen MR) is 87.0 cm³/mol. The van der Waals surface area contributed by atoms with E-state index in [0.717, 1.165) is 10.8 Å². The number of ether oxygens (including phenoxy) is 1. The maximum atomic E-state index is 12.5. The standard InChI is InChI=1S/C16H23N3O4/c1-11(18(3)22)9-14-15(10-17(2)21)19(16(14)20)12-5-7-13(23-4)8-6-12/h5-8,10-11,14-15,22H,9H2,1-4H3/b17-10-/t11-,14+,15-/m1/s1. The van der Waals surface area contributed by atoms with Gasteiger partial charge in [-0.05, 0) is 37.6 Å². The van der Waals surface area contributed by atoms with Gasteiger partial charge in [0.2, 0.25) is 5.91 Å². The highest BCUT2D eigenvalue weighted by Gasteiger charge is 2.49. The van der Waals surface area contributed by atoms with Crippen molar-refractivity contribution >= 4 is 17.8 Å². The summed E-state index contributed by atoms with van der Waals surface area (Å²) in [6.07, 6.45) is 1.97. The Balaban J connectivity index is 2.22. The Morgan fingerprint density at radius 2 is 2.09 bits per heavy atom. The van der Waals surface area contributed by atoms with Gasteiger partial charge in [-0.3, -0.25) is 9.69 Å². The van der Waals surface area contributed by atoms with E-state index in [0.29, 0.717) is 16.9 Å². The first-order valence-corrected chi connectivity index (χ1v) is 7.49. The summed E-state index contributed by atoms with van der Waals surface area (Å²) >= 11 is 0. The van der Waals surface area contributed by atoms with Gasteiger partial charge < -0.3 is 15.2 Å². The van der Waals surface area contributed by atoms with E-state index in [2.05, 4.69) is 0 Å². The molecule has 2 rings (SSSR count). The van der Waals surface area contributed by atoms with Crippen molar-refractivity contribution in [2.75, 3.05) is 26.1 Å². The van der Waals surface area contributed by atoms with Gasteiger partial charge in [0.25, 0.3) is 0 Å². The highest BCUT2D eigenvalue weighted by atomic mass is 16.5. The van der Waals surface area contributed by atoms with Crippen LogP contribution >= 0.6 is 0 Å². The van der Waals surface area contributed by atoms with Gasteiger partial charge >= 0.3 is 0 Å². The van der Waals surface area contributed by atoms with Gasteiger partial charge in [-0.1, -0.05) is 0 Å². The van der Waals surface area contributed by atoms with Crippen LogP contribution in [0.15, 0.2) is 24.3 Å². The number of carbonyl (C=O) groups is 1. The van der Waals surface area contributed by atoms with Crippen molar-refractivity contribution in [2.45, 2.75) is 25.4 Å². The molecule has 0 aliphatic carbocycles. The van der Waals surface area contributed by atoms with Crippen molar-refractivity contribution in [3.63, 3.8) is 0 Å². The third kappa shape index (κ3) is 3.62. The lowest BCUT2D eigenvalue weighted by Gasteiger charge is -2.45. The summed E-state index contributed by atoms with van der Waals surface area (Å²) in [7, 11) is 4.52. The van der Waals surface area contributed by atoms with Gasteiger partial charge in [0.1, 0.15) is 18.8 Å². The van der Waals surface area contributed by atoms with Crippen molar-refractivity contribution in [1.82, 2.24) is 5.06 Å². The molecule has 3 atom stereocenters. The van der Waals surface area contributed by atoms with Crippen LogP contribution in [0.3, 0.4) is 0 Å². The molecule has 1 fully saturated rings. The molecule has 1 amide bonds. The number of anilines is 1. The van der Waals surface area contributed by atoms with Gasteiger partial charge in [-0.2, -0.15) is 5.06 Å². The maximum absolute atomic E-state index is 12.5. The highest BCUT2D eigenvalue weighted by Crippen LogP contribution is 2.35. The number of β-lactam (4-membered cyclic amide) rings is 1. The minimum Gasteiger partial charge on any atom is -0.624 e. The molecule has 126 valence electrons. The predicted octanol–water partition coefficient (Wildman–Crippen LogP) is 1.34. The molecule has 0 spiro atoms. The molecule has 1 saturated heterocycles. The van der Waals surface area contributed by atoms with E-state index in [1.54, 1.807) is 43.3 Å². The van der Waals surface area contributed by atoms with E-state index in [-0.39, 0.29) is 23.9 Å². The van der Waals surface area contributed by atoms with E-state index in [4.69, 9.17) is 4.74 Å². The number of hydrogen-bond acceptors (Lipinski definition) is 5. The molecule has 0 aromatic heterocycles. The van der Waals surface area contributed by atoms with Gasteiger partial charge in [-0.25, -0.2) is 4.74 Å². The molecular formula is C16H23N3O4. The summed E-state index contributed by atoms with van der Waals surface area (Å²) in [5.74, 6) is 0.334. The zero-order chi connectivity index (χ0) is 17.1. The van der Waals surface area contributed by atoms with Crippen molar-refractivity contribution in [1.29, 1.82) is 0 Å². The van der Waals surface area contributed by atoms with Gasteiger partial charge in [0.15, 0.2) is 6.21 Å². The second-order valence-electron chi connectivity index (χ2n) is 5.86. The zero-order valence-electron chi connectivity index (χ0n) is 13.8. The Hall–Kier alpha value is -2.12. The lowest BCUT2D eigenvalue weighted by molar-refractivity contribution is -0.419. The van der Waals surface area contributed by atoms with Crippen LogP contribution in [0.5, 0.6) is 5.75 Å². The summed E-state index contributed by atoms with van der Waals surface area (Å²) in [6.45, 7) is 1.83. The molecule has 7 heteroatoms. The van der Waals surface area contributed by atoms with Gasteiger partial charge in [0.05, 0.1) is 13.0 Å². The summed E-state index contributed by atoms with van der Waals surface area (Å²) in [4.78, 5) is 14.1. The second-order valence-corrected chi connectivity index (χ2v) is 5.86. The Labute approximate surface area is 135 Å². The number of hydroxylamine groups is 3. The molecular weight excluding hydrogens is 298 g/mol. The second kappa shape index (κ2) is 6.97. The average Bonchev–Trinajstić information content (AvgIpc) is 2.52. The smallest absolute Gasteiger partial charge is 0.233 e. The first-order chi connectivity index (χ1) is 10.8. The van der Waals surface area contributed by atoms with E-state index in [1.165, 1.54) is 13.3 Å². The van der Waals surface area contributed by atoms with Crippen molar-refractivity contribution < 1.29 is 19.5 Å². The van der Waals surface area contributed by atoms with Crippen molar-refractivity contribution in [3.05, 3.63) is 29.5 Å². The van der Waals surface area contributed by atoms with Crippen LogP contribution in [0.25, 0.3) is 0 Å². The monoisotopic (exact) mass is 321 g/mol. The van der Waals surface area contributed by atoms with Crippen LogP contribution in [0, 0.1) is 11.1 Å². The normalized spacial score (nSPS) is 23.0. The number of methoxy groups -OCH3 is 1. The molecule has 1 aliphatic heterocycles. The van der Waals surface area contributed by atoms with Crippen LogP contribution in [0.1, 0.15) is 13.3 Å². The molecule has 23 heavy (non-hydrogen) atoms. The van der Waals surface area contributed by atoms with E-state index in [1.807, 2.05) is 6.92 Å². The fourth-order valence-electron chi connectivity index (χ4n) is 2.76. The van der Waals surface area contributed by atoms with Crippen LogP contribution < -0.4 is 9.64 Å². The lowest BCUT2D eigenvalue weighted by Crippen LogP contribution is -2.63. The fraction of sp³-hybridized carbons (Fsp3) is 0.500. The highest BCUT2D eigenvalue weighted by molar-refractivity contribution is 6.08. The van der Waals surface area contributed by atoms with Crippen LogP contribution in [0.2, 0.25) is 0 Å². The number of carbonyl (C=O) groups excluding carboxylic acids is 1. The minimum absolute atomic E-state index is 0.0491. The third-order valence-electron chi connectivity index (χ3n) is 4.21. The van der Waals surface area contributed by atoms with Crippen molar-refractivity contribution in [3.8, 4) is 5.75 Å². The Morgan fingerprint density at radius 3 is 2.57 bits per heavy atom. The Bertz CT molecular complexity index is 581. The lowest BCUT2D eigenvalue weighted by atomic mass is 9.82. The van der Waals surface area contributed by atoms with Gasteiger partial charge in [0, 0.05) is 18.8 Å². The molecule has 0 saturated carbocycles. The molecule has 1 heterocycles. The van der Waals surface area contributed by atoms with Crippen LogP contribution in [-0.4, -0.2) is 60.4 Å². The first-order valence-electron chi connectivity index (χ1n) is 7.49. The van der Waals surface area contributed by atoms with Gasteiger partial charge in [-0.15, -0.1) is 0 Å². The Morgan fingerprint density at radius 1 is 1.48 bits per heavy atom. The van der Waals surface area contributed by atoms with E-state index < -0.39 is 0 Å². The number of hydrogen-bond donors (Lipinski definition) is 1. The molecule has 0 bridgehead atoms. The minimum atomic E-state index is -0.321. The van der Waals surface area contributed by atoms with E-state index in [9.17, 15) is 15.2 Å². The molecule has 7 nitrogen and oxygen atoms in total. The van der Waals surface area contributed by atoms with Crippen LogP contribution in [0.4, 0.5) is 5.69 Å². The summed E-state index contributed by atoms with van der Waals surface area (Å²) in [5.41, 5.74) is 0.722. The number of nitrogens with zero attached hydrogens (tertiary/aromatic N) is 3. The number of amides is 1. The first kappa shape index (κ1) is 17.2. The quantitative estimate of drug-likeness (QED) is 0.281. The summed E-state index contributed by atoms with van der Waals surface area (Å²) in [6, 6.07) is 6.65. The number of benzene rings is 1. The molecule has 1 aliphatic rings. The molecule has 1 N–H and O–H groups in total. The topological polar surface area (TPSA) is 79.1 Å². The fourth-order valence-corrected chi connectivity index (χ4v) is 2.76. The molecule has 1 aromatic rings. The number of rotatable bonds is 6.